The summed E-state index contributed by atoms with van der Waals surface area (Å²) in [6, 6.07) is 5.32. The molecule has 4 rings (SSSR count). The van der Waals surface area contributed by atoms with E-state index in [1.807, 2.05) is 18.2 Å². The largest absolute Gasteiger partial charge is 0.373 e. The molecule has 1 atom stereocenters. The fourth-order valence-electron chi connectivity index (χ4n) is 3.64. The van der Waals surface area contributed by atoms with Crippen molar-refractivity contribution in [1.82, 2.24) is 15.5 Å². The number of anilines is 1. The molecule has 0 saturated heterocycles. The number of nitrogens with zero attached hydrogens (tertiary/aromatic N) is 2. The second-order valence-electron chi connectivity index (χ2n) is 6.80. The van der Waals surface area contributed by atoms with Gasteiger partial charge in [0.2, 0.25) is 11.8 Å². The van der Waals surface area contributed by atoms with E-state index in [2.05, 4.69) is 20.8 Å². The molecule has 0 bridgehead atoms. The molecule has 0 radical (unpaired) electrons. The van der Waals surface area contributed by atoms with E-state index in [9.17, 15) is 4.79 Å². The van der Waals surface area contributed by atoms with Crippen LogP contribution in [0.3, 0.4) is 0 Å². The van der Waals surface area contributed by atoms with Crippen LogP contribution in [0.15, 0.2) is 22.7 Å². The number of halogens is 1. The molecule has 2 N–H and O–H groups in total. The number of fused-ring (bicyclic) bond motifs is 1. The van der Waals surface area contributed by atoms with Gasteiger partial charge in [0.05, 0.1) is 6.54 Å². The van der Waals surface area contributed by atoms with Gasteiger partial charge in [-0.25, -0.2) is 0 Å². The minimum Gasteiger partial charge on any atom is -0.373 e. The quantitative estimate of drug-likeness (QED) is 0.873. The summed E-state index contributed by atoms with van der Waals surface area (Å²) in [5, 5.41) is 10.9. The maximum atomic E-state index is 12.4. The van der Waals surface area contributed by atoms with Gasteiger partial charge in [-0.2, -0.15) is 4.98 Å². The minimum absolute atomic E-state index is 0.0789. The normalized spacial score (nSPS) is 20.1. The Bertz CT molecular complexity index is 770. The van der Waals surface area contributed by atoms with Crippen LogP contribution in [0.1, 0.15) is 55.3 Å². The molecule has 1 aliphatic heterocycles. The number of hydrogen-bond acceptors (Lipinski definition) is 5. The third kappa shape index (κ3) is 3.63. The molecule has 1 aromatic heterocycles. The first-order valence-electron chi connectivity index (χ1n) is 8.84. The summed E-state index contributed by atoms with van der Waals surface area (Å²) in [7, 11) is 0. The predicted octanol–water partition coefficient (Wildman–Crippen LogP) is 3.42. The highest BCUT2D eigenvalue weighted by atomic mass is 35.5. The van der Waals surface area contributed by atoms with E-state index in [0.29, 0.717) is 23.3 Å². The minimum atomic E-state index is -0.297. The number of hydrogen-bond donors (Lipinski definition) is 2. The second kappa shape index (κ2) is 7.04. The van der Waals surface area contributed by atoms with Gasteiger partial charge in [-0.3, -0.25) is 4.79 Å². The maximum Gasteiger partial charge on any atom is 0.246 e. The fourth-order valence-corrected chi connectivity index (χ4v) is 3.84. The van der Waals surface area contributed by atoms with Gasteiger partial charge in [-0.15, -0.1) is 0 Å². The van der Waals surface area contributed by atoms with Crippen LogP contribution in [0.2, 0.25) is 5.02 Å². The summed E-state index contributed by atoms with van der Waals surface area (Å²) in [6.07, 6.45) is 6.61. The van der Waals surface area contributed by atoms with Gasteiger partial charge in [0, 0.05) is 23.0 Å². The molecule has 6 nitrogen and oxygen atoms in total. The van der Waals surface area contributed by atoms with Crippen molar-refractivity contribution >= 4 is 23.2 Å². The highest BCUT2D eigenvalue weighted by Crippen LogP contribution is 2.31. The summed E-state index contributed by atoms with van der Waals surface area (Å²) in [5.41, 5.74) is 2.02. The van der Waals surface area contributed by atoms with Gasteiger partial charge in [-0.05, 0) is 36.6 Å². The van der Waals surface area contributed by atoms with Crippen molar-refractivity contribution in [3.63, 3.8) is 0 Å². The summed E-state index contributed by atoms with van der Waals surface area (Å²) >= 11 is 6.00. The molecule has 1 fully saturated rings. The molecule has 1 saturated carbocycles. The number of amides is 1. The molecule has 25 heavy (non-hydrogen) atoms. The van der Waals surface area contributed by atoms with Gasteiger partial charge in [0.1, 0.15) is 6.04 Å². The van der Waals surface area contributed by atoms with Crippen molar-refractivity contribution in [3.05, 3.63) is 40.5 Å². The molecular formula is C18H21ClN4O2. The molecule has 1 aromatic carbocycles. The average molecular weight is 361 g/mol. The molecule has 0 spiro atoms. The van der Waals surface area contributed by atoms with Crippen LogP contribution in [0.25, 0.3) is 0 Å². The van der Waals surface area contributed by atoms with E-state index in [0.717, 1.165) is 29.9 Å². The third-order valence-electron chi connectivity index (χ3n) is 5.01. The zero-order valence-electron chi connectivity index (χ0n) is 13.9. The van der Waals surface area contributed by atoms with Crippen LogP contribution in [0.4, 0.5) is 5.69 Å². The number of carbonyl (C=O) groups excluding carboxylic acids is 1. The Balaban J connectivity index is 1.31. The number of nitrogens with one attached hydrogen (secondary N) is 2. The third-order valence-corrected chi connectivity index (χ3v) is 5.24. The first-order valence-corrected chi connectivity index (χ1v) is 9.22. The molecule has 132 valence electrons. The van der Waals surface area contributed by atoms with Crippen molar-refractivity contribution in [3.8, 4) is 0 Å². The van der Waals surface area contributed by atoms with Gasteiger partial charge in [-0.1, -0.05) is 36.0 Å². The Morgan fingerprint density at radius 2 is 2.16 bits per heavy atom. The Morgan fingerprint density at radius 3 is 3.00 bits per heavy atom. The fraction of sp³-hybridized carbons (Fsp3) is 0.500. The molecule has 1 amide bonds. The SMILES string of the molecule is O=C(NCc1nc(C2CCCCC2)no1)C1Cc2cc(Cl)ccc2N1. The van der Waals surface area contributed by atoms with Crippen LogP contribution in [-0.2, 0) is 17.8 Å². The highest BCUT2D eigenvalue weighted by Gasteiger charge is 2.27. The number of benzene rings is 1. The molecular weight excluding hydrogens is 340 g/mol. The van der Waals surface area contributed by atoms with Crippen molar-refractivity contribution < 1.29 is 9.32 Å². The van der Waals surface area contributed by atoms with E-state index in [-0.39, 0.29) is 18.5 Å². The van der Waals surface area contributed by atoms with E-state index >= 15 is 0 Å². The van der Waals surface area contributed by atoms with Crippen molar-refractivity contribution in [2.75, 3.05) is 5.32 Å². The second-order valence-corrected chi connectivity index (χ2v) is 7.24. The summed E-state index contributed by atoms with van der Waals surface area (Å²) in [4.78, 5) is 16.8. The van der Waals surface area contributed by atoms with Crippen LogP contribution in [-0.4, -0.2) is 22.1 Å². The Labute approximate surface area is 151 Å². The van der Waals surface area contributed by atoms with Crippen LogP contribution < -0.4 is 10.6 Å². The van der Waals surface area contributed by atoms with Gasteiger partial charge in [0.25, 0.3) is 0 Å². The van der Waals surface area contributed by atoms with Crippen LogP contribution in [0, 0.1) is 0 Å². The van der Waals surface area contributed by atoms with Crippen molar-refractivity contribution in [2.45, 2.75) is 57.0 Å². The van der Waals surface area contributed by atoms with E-state index in [1.165, 1.54) is 19.3 Å². The zero-order valence-corrected chi connectivity index (χ0v) is 14.7. The lowest BCUT2D eigenvalue weighted by molar-refractivity contribution is -0.122. The predicted molar refractivity (Wildman–Crippen MR) is 94.5 cm³/mol. The molecule has 1 aliphatic carbocycles. The standard InChI is InChI=1S/C18H21ClN4O2/c19-13-6-7-14-12(8-13)9-15(21-14)18(24)20-10-16-22-17(23-25-16)11-4-2-1-3-5-11/h6-8,11,15,21H,1-5,9-10H2,(H,20,24). The topological polar surface area (TPSA) is 80.1 Å². The number of carbonyl (C=O) groups is 1. The van der Waals surface area contributed by atoms with Crippen molar-refractivity contribution in [2.24, 2.45) is 0 Å². The average Bonchev–Trinajstić information content (AvgIpc) is 3.27. The van der Waals surface area contributed by atoms with Crippen LogP contribution >= 0.6 is 11.6 Å². The zero-order chi connectivity index (χ0) is 17.2. The van der Waals surface area contributed by atoms with Gasteiger partial charge >= 0.3 is 0 Å². The lowest BCUT2D eigenvalue weighted by atomic mass is 9.89. The molecule has 2 heterocycles. The van der Waals surface area contributed by atoms with Crippen LogP contribution in [0.5, 0.6) is 0 Å². The summed E-state index contributed by atoms with van der Waals surface area (Å²) in [6.45, 7) is 0.258. The van der Waals surface area contributed by atoms with E-state index in [4.69, 9.17) is 16.1 Å². The lowest BCUT2D eigenvalue weighted by Gasteiger charge is -2.17. The molecule has 7 heteroatoms. The molecule has 2 aliphatic rings. The van der Waals surface area contributed by atoms with E-state index in [1.54, 1.807) is 0 Å². The lowest BCUT2D eigenvalue weighted by Crippen LogP contribution is -2.38. The Hall–Kier alpha value is -2.08. The summed E-state index contributed by atoms with van der Waals surface area (Å²) in [5.74, 6) is 1.57. The first kappa shape index (κ1) is 16.4. The number of aromatic nitrogens is 2. The smallest absolute Gasteiger partial charge is 0.246 e. The van der Waals surface area contributed by atoms with Crippen molar-refractivity contribution in [1.29, 1.82) is 0 Å². The Morgan fingerprint density at radius 1 is 1.32 bits per heavy atom. The summed E-state index contributed by atoms with van der Waals surface area (Å²) < 4.78 is 5.29. The van der Waals surface area contributed by atoms with Gasteiger partial charge < -0.3 is 15.2 Å². The monoisotopic (exact) mass is 360 g/mol. The maximum absolute atomic E-state index is 12.4. The molecule has 2 aromatic rings. The van der Waals surface area contributed by atoms with E-state index < -0.39 is 0 Å². The van der Waals surface area contributed by atoms with Gasteiger partial charge in [0.15, 0.2) is 5.82 Å². The first-order chi connectivity index (χ1) is 12.2. The highest BCUT2D eigenvalue weighted by molar-refractivity contribution is 6.30. The number of rotatable bonds is 4. The molecule has 1 unspecified atom stereocenters. The Kier molecular flexibility index (Phi) is 4.61.